The van der Waals surface area contributed by atoms with E-state index in [0.717, 1.165) is 11.1 Å². The van der Waals surface area contributed by atoms with Gasteiger partial charge < -0.3 is 5.11 Å². The molecule has 1 saturated carbocycles. The SMILES string of the molecule is C=C(c1ccccc1O)C1CCCCC1. The van der Waals surface area contributed by atoms with E-state index >= 15 is 0 Å². The Kier molecular flexibility index (Phi) is 3.10. The van der Waals surface area contributed by atoms with Crippen LogP contribution in [0.4, 0.5) is 0 Å². The molecule has 1 aliphatic carbocycles. The molecule has 1 nitrogen and oxygen atoms in total. The molecule has 0 amide bonds. The molecule has 1 N–H and O–H groups in total. The lowest BCUT2D eigenvalue weighted by molar-refractivity contribution is 0.426. The Bertz CT molecular complexity index is 348. The van der Waals surface area contributed by atoms with Crippen LogP contribution in [0.1, 0.15) is 37.7 Å². The lowest BCUT2D eigenvalue weighted by Crippen LogP contribution is -2.07. The van der Waals surface area contributed by atoms with E-state index in [2.05, 4.69) is 6.58 Å². The number of aromatic hydroxyl groups is 1. The fourth-order valence-corrected chi connectivity index (χ4v) is 2.42. The van der Waals surface area contributed by atoms with Crippen LogP contribution in [0.3, 0.4) is 0 Å². The van der Waals surface area contributed by atoms with Crippen LogP contribution in [0, 0.1) is 5.92 Å². The van der Waals surface area contributed by atoms with Gasteiger partial charge in [-0.1, -0.05) is 44.0 Å². The lowest BCUT2D eigenvalue weighted by atomic mass is 9.81. The molecule has 0 radical (unpaired) electrons. The molecule has 0 aliphatic heterocycles. The highest BCUT2D eigenvalue weighted by atomic mass is 16.3. The van der Waals surface area contributed by atoms with Gasteiger partial charge in [-0.3, -0.25) is 0 Å². The van der Waals surface area contributed by atoms with Gasteiger partial charge in [0.1, 0.15) is 5.75 Å². The van der Waals surface area contributed by atoms with Crippen LogP contribution in [0.15, 0.2) is 30.8 Å². The first-order valence-corrected chi connectivity index (χ1v) is 5.76. The summed E-state index contributed by atoms with van der Waals surface area (Å²) in [4.78, 5) is 0. The molecule has 1 aromatic carbocycles. The minimum Gasteiger partial charge on any atom is -0.507 e. The number of para-hydroxylation sites is 1. The zero-order valence-electron chi connectivity index (χ0n) is 9.08. The Balaban J connectivity index is 2.16. The lowest BCUT2D eigenvalue weighted by Gasteiger charge is -2.24. The Morgan fingerprint density at radius 3 is 2.47 bits per heavy atom. The van der Waals surface area contributed by atoms with Crippen molar-refractivity contribution in [3.8, 4) is 5.75 Å². The van der Waals surface area contributed by atoms with Crippen molar-refractivity contribution < 1.29 is 5.11 Å². The Morgan fingerprint density at radius 1 is 1.13 bits per heavy atom. The van der Waals surface area contributed by atoms with Gasteiger partial charge >= 0.3 is 0 Å². The Hall–Kier alpha value is -1.24. The monoisotopic (exact) mass is 202 g/mol. The summed E-state index contributed by atoms with van der Waals surface area (Å²) in [6, 6.07) is 7.52. The molecule has 0 aromatic heterocycles. The standard InChI is InChI=1S/C14H18O/c1-11(12-7-3-2-4-8-12)13-9-5-6-10-14(13)15/h5-6,9-10,12,15H,1-4,7-8H2. The summed E-state index contributed by atoms with van der Waals surface area (Å²) < 4.78 is 0. The zero-order chi connectivity index (χ0) is 10.7. The average molecular weight is 202 g/mol. The predicted molar refractivity (Wildman–Crippen MR) is 63.7 cm³/mol. The highest BCUT2D eigenvalue weighted by Gasteiger charge is 2.18. The number of rotatable bonds is 2. The Labute approximate surface area is 91.4 Å². The minimum absolute atomic E-state index is 0.369. The minimum atomic E-state index is 0.369. The third-order valence-electron chi connectivity index (χ3n) is 3.35. The summed E-state index contributed by atoms with van der Waals surface area (Å²) >= 11 is 0. The molecule has 1 aliphatic rings. The van der Waals surface area contributed by atoms with Crippen molar-refractivity contribution in [2.24, 2.45) is 5.92 Å². The number of phenols is 1. The molecular formula is C14H18O. The first kappa shape index (κ1) is 10.3. The zero-order valence-corrected chi connectivity index (χ0v) is 9.08. The van der Waals surface area contributed by atoms with E-state index in [0.29, 0.717) is 11.7 Å². The molecule has 1 heteroatoms. The van der Waals surface area contributed by atoms with Gasteiger partial charge in [-0.15, -0.1) is 0 Å². The second-order valence-corrected chi connectivity index (χ2v) is 4.38. The molecule has 15 heavy (non-hydrogen) atoms. The fraction of sp³-hybridized carbons (Fsp3) is 0.429. The van der Waals surface area contributed by atoms with Crippen molar-refractivity contribution in [2.75, 3.05) is 0 Å². The molecule has 1 aromatic rings. The summed E-state index contributed by atoms with van der Waals surface area (Å²) in [5.74, 6) is 0.945. The third kappa shape index (κ3) is 2.23. The van der Waals surface area contributed by atoms with Crippen molar-refractivity contribution >= 4 is 5.57 Å². The molecule has 80 valence electrons. The second-order valence-electron chi connectivity index (χ2n) is 4.38. The summed E-state index contributed by atoms with van der Waals surface area (Å²) in [6.45, 7) is 4.15. The van der Waals surface area contributed by atoms with E-state index in [1.165, 1.54) is 32.1 Å². The molecule has 2 rings (SSSR count). The van der Waals surface area contributed by atoms with Crippen LogP contribution >= 0.6 is 0 Å². The van der Waals surface area contributed by atoms with Crippen LogP contribution in [-0.2, 0) is 0 Å². The van der Waals surface area contributed by atoms with Gasteiger partial charge in [0.25, 0.3) is 0 Å². The van der Waals surface area contributed by atoms with Crippen LogP contribution in [0.5, 0.6) is 5.75 Å². The summed E-state index contributed by atoms with van der Waals surface area (Å²) in [5, 5.41) is 9.75. The van der Waals surface area contributed by atoms with Crippen LogP contribution in [0.2, 0.25) is 0 Å². The molecular weight excluding hydrogens is 184 g/mol. The topological polar surface area (TPSA) is 20.2 Å². The summed E-state index contributed by atoms with van der Waals surface area (Å²) in [7, 11) is 0. The van der Waals surface area contributed by atoms with Crippen LogP contribution in [-0.4, -0.2) is 5.11 Å². The van der Waals surface area contributed by atoms with Gasteiger partial charge in [0.15, 0.2) is 0 Å². The first-order chi connectivity index (χ1) is 7.29. The maximum atomic E-state index is 9.75. The molecule has 0 saturated heterocycles. The molecule has 0 spiro atoms. The smallest absolute Gasteiger partial charge is 0.123 e. The summed E-state index contributed by atoms with van der Waals surface area (Å²) in [6.07, 6.45) is 6.42. The number of benzene rings is 1. The van der Waals surface area contributed by atoms with Gasteiger partial charge in [0.2, 0.25) is 0 Å². The maximum Gasteiger partial charge on any atom is 0.123 e. The third-order valence-corrected chi connectivity index (χ3v) is 3.35. The molecule has 0 unspecified atom stereocenters. The molecule has 0 heterocycles. The number of hydrogen-bond donors (Lipinski definition) is 1. The van der Waals surface area contributed by atoms with E-state index in [1.807, 2.05) is 18.2 Å². The van der Waals surface area contributed by atoms with E-state index < -0.39 is 0 Å². The Morgan fingerprint density at radius 2 is 1.80 bits per heavy atom. The van der Waals surface area contributed by atoms with E-state index in [1.54, 1.807) is 6.07 Å². The molecule has 0 bridgehead atoms. The van der Waals surface area contributed by atoms with Gasteiger partial charge in [-0.25, -0.2) is 0 Å². The molecule has 0 atom stereocenters. The van der Waals surface area contributed by atoms with Crippen molar-refractivity contribution in [1.29, 1.82) is 0 Å². The van der Waals surface area contributed by atoms with Crippen LogP contribution in [0.25, 0.3) is 5.57 Å². The van der Waals surface area contributed by atoms with E-state index in [9.17, 15) is 5.11 Å². The number of hydrogen-bond acceptors (Lipinski definition) is 1. The quantitative estimate of drug-likeness (QED) is 0.769. The predicted octanol–water partition coefficient (Wildman–Crippen LogP) is 3.99. The van der Waals surface area contributed by atoms with Crippen molar-refractivity contribution in [1.82, 2.24) is 0 Å². The number of phenolic OH excluding ortho intramolecular Hbond substituents is 1. The largest absolute Gasteiger partial charge is 0.507 e. The molecule has 1 fully saturated rings. The first-order valence-electron chi connectivity index (χ1n) is 5.76. The van der Waals surface area contributed by atoms with Gasteiger partial charge in [0.05, 0.1) is 0 Å². The van der Waals surface area contributed by atoms with Crippen molar-refractivity contribution in [3.05, 3.63) is 36.4 Å². The average Bonchev–Trinajstić information content (AvgIpc) is 2.30. The highest BCUT2D eigenvalue weighted by molar-refractivity contribution is 5.69. The van der Waals surface area contributed by atoms with Gasteiger partial charge in [0, 0.05) is 5.56 Å². The van der Waals surface area contributed by atoms with Crippen molar-refractivity contribution in [2.45, 2.75) is 32.1 Å². The highest BCUT2D eigenvalue weighted by Crippen LogP contribution is 2.36. The van der Waals surface area contributed by atoms with Gasteiger partial charge in [-0.2, -0.15) is 0 Å². The number of allylic oxidation sites excluding steroid dienone is 1. The van der Waals surface area contributed by atoms with Crippen LogP contribution < -0.4 is 0 Å². The normalized spacial score (nSPS) is 17.6. The van der Waals surface area contributed by atoms with E-state index in [-0.39, 0.29) is 0 Å². The fourth-order valence-electron chi connectivity index (χ4n) is 2.42. The van der Waals surface area contributed by atoms with Gasteiger partial charge in [-0.05, 0) is 30.4 Å². The maximum absolute atomic E-state index is 9.75. The van der Waals surface area contributed by atoms with Crippen molar-refractivity contribution in [3.63, 3.8) is 0 Å². The second kappa shape index (κ2) is 4.52. The summed E-state index contributed by atoms with van der Waals surface area (Å²) in [5.41, 5.74) is 2.05. The van der Waals surface area contributed by atoms with E-state index in [4.69, 9.17) is 0 Å².